The van der Waals surface area contributed by atoms with Gasteiger partial charge in [-0.25, -0.2) is 0 Å². The molecule has 0 spiro atoms. The zero-order valence-electron chi connectivity index (χ0n) is 20.4. The van der Waals surface area contributed by atoms with Crippen LogP contribution in [0.1, 0.15) is 54.1 Å². The van der Waals surface area contributed by atoms with Crippen molar-refractivity contribution in [2.75, 3.05) is 50.1 Å². The van der Waals surface area contributed by atoms with Crippen molar-refractivity contribution in [2.24, 2.45) is 5.73 Å². The van der Waals surface area contributed by atoms with E-state index >= 15 is 0 Å². The van der Waals surface area contributed by atoms with E-state index in [9.17, 15) is 19.8 Å². The number of nitrogens with one attached hydrogen (secondary N) is 2. The fraction of sp³-hybridized carbons (Fsp3) is 0.462. The van der Waals surface area contributed by atoms with Crippen molar-refractivity contribution in [3.63, 3.8) is 0 Å². The number of nitrogens with two attached hydrogens (primary N) is 1. The number of benzene rings is 2. The molecule has 0 aliphatic heterocycles. The first-order valence-electron chi connectivity index (χ1n) is 12.0. The van der Waals surface area contributed by atoms with Crippen LogP contribution in [0.5, 0.6) is 5.75 Å². The molecule has 0 aromatic heterocycles. The Hall–Kier alpha value is -3.14. The Morgan fingerprint density at radius 3 is 2.66 bits per heavy atom. The van der Waals surface area contributed by atoms with Crippen LogP contribution in [0, 0.1) is 0 Å². The van der Waals surface area contributed by atoms with Crippen molar-refractivity contribution >= 4 is 23.7 Å². The quantitative estimate of drug-likeness (QED) is 0.124. The van der Waals surface area contributed by atoms with E-state index in [0.717, 1.165) is 57.5 Å². The third-order valence-electron chi connectivity index (χ3n) is 5.70. The number of amides is 2. The fourth-order valence-corrected chi connectivity index (χ4v) is 3.64. The molecule has 2 rings (SSSR count). The lowest BCUT2D eigenvalue weighted by Gasteiger charge is -2.19. The van der Waals surface area contributed by atoms with Crippen molar-refractivity contribution < 1.29 is 24.5 Å². The first-order valence-corrected chi connectivity index (χ1v) is 12.0. The molecule has 6 N–H and O–H groups in total. The molecule has 0 saturated heterocycles. The number of hydrogen-bond donors (Lipinski definition) is 5. The minimum atomic E-state index is -0.720. The van der Waals surface area contributed by atoms with Crippen LogP contribution in [0.25, 0.3) is 0 Å². The molecule has 1 atom stereocenters. The highest BCUT2D eigenvalue weighted by Gasteiger charge is 2.10. The number of rotatable bonds is 18. The highest BCUT2D eigenvalue weighted by atomic mass is 16.5. The Bertz CT molecular complexity index is 924. The third-order valence-corrected chi connectivity index (χ3v) is 5.70. The van der Waals surface area contributed by atoms with Gasteiger partial charge in [0, 0.05) is 44.6 Å². The Balaban J connectivity index is 1.46. The molecule has 0 radical (unpaired) electrons. The van der Waals surface area contributed by atoms with Crippen LogP contribution < -0.4 is 21.3 Å². The van der Waals surface area contributed by atoms with Gasteiger partial charge in [0.2, 0.25) is 12.3 Å². The summed E-state index contributed by atoms with van der Waals surface area (Å²) in [6.45, 7) is 3.47. The molecular formula is C26H38N4O5. The van der Waals surface area contributed by atoms with Gasteiger partial charge in [0.05, 0.1) is 11.8 Å². The zero-order valence-corrected chi connectivity index (χ0v) is 20.4. The van der Waals surface area contributed by atoms with Crippen LogP contribution in [0.15, 0.2) is 42.5 Å². The molecule has 35 heavy (non-hydrogen) atoms. The fourth-order valence-electron chi connectivity index (χ4n) is 3.64. The molecule has 0 fully saturated rings. The molecular weight excluding hydrogens is 448 g/mol. The number of anilines is 2. The van der Waals surface area contributed by atoms with Gasteiger partial charge in [-0.05, 0) is 61.7 Å². The van der Waals surface area contributed by atoms with Gasteiger partial charge in [0.1, 0.15) is 5.75 Å². The number of carbonyl (C=O) groups excluding carboxylic acids is 2. The van der Waals surface area contributed by atoms with E-state index in [1.165, 1.54) is 6.07 Å². The molecule has 9 heteroatoms. The van der Waals surface area contributed by atoms with Crippen LogP contribution in [0.4, 0.5) is 11.4 Å². The van der Waals surface area contributed by atoms with Gasteiger partial charge in [-0.1, -0.05) is 25.0 Å². The number of primary amides is 1. The second kappa shape index (κ2) is 15.7. The van der Waals surface area contributed by atoms with Crippen molar-refractivity contribution in [3.8, 4) is 5.75 Å². The predicted octanol–water partition coefficient (Wildman–Crippen LogP) is 2.79. The van der Waals surface area contributed by atoms with Gasteiger partial charge in [-0.3, -0.25) is 9.59 Å². The molecule has 192 valence electrons. The number of aliphatic hydroxyl groups is 1. The summed E-state index contributed by atoms with van der Waals surface area (Å²) < 4.78 is 5.73. The summed E-state index contributed by atoms with van der Waals surface area (Å²) in [6.07, 6.45) is 4.86. The second-order valence-electron chi connectivity index (χ2n) is 8.47. The number of phenols is 1. The summed E-state index contributed by atoms with van der Waals surface area (Å²) >= 11 is 0. The number of nitrogens with zero attached hydrogens (tertiary/aromatic N) is 1. The van der Waals surface area contributed by atoms with Crippen molar-refractivity contribution in [1.29, 1.82) is 0 Å². The van der Waals surface area contributed by atoms with Crippen LogP contribution in [0.2, 0.25) is 0 Å². The van der Waals surface area contributed by atoms with Crippen LogP contribution in [-0.2, 0) is 9.53 Å². The van der Waals surface area contributed by atoms with Crippen LogP contribution in [-0.4, -0.2) is 62.4 Å². The molecule has 0 bridgehead atoms. The van der Waals surface area contributed by atoms with Crippen LogP contribution in [0.3, 0.4) is 0 Å². The maximum absolute atomic E-state index is 11.3. The normalized spacial score (nSPS) is 11.7. The van der Waals surface area contributed by atoms with E-state index in [1.807, 2.05) is 19.2 Å². The molecule has 0 aliphatic rings. The zero-order chi connectivity index (χ0) is 25.5. The van der Waals surface area contributed by atoms with E-state index in [4.69, 9.17) is 10.5 Å². The van der Waals surface area contributed by atoms with E-state index in [0.29, 0.717) is 30.7 Å². The lowest BCUT2D eigenvalue weighted by molar-refractivity contribution is -0.105. The molecule has 0 saturated carbocycles. The van der Waals surface area contributed by atoms with Gasteiger partial charge < -0.3 is 36.2 Å². The third kappa shape index (κ3) is 10.3. The highest BCUT2D eigenvalue weighted by molar-refractivity contribution is 5.93. The number of aromatic hydroxyl groups is 1. The van der Waals surface area contributed by atoms with Crippen molar-refractivity contribution in [3.05, 3.63) is 53.6 Å². The lowest BCUT2D eigenvalue weighted by Crippen LogP contribution is -2.22. The number of hydrogen-bond acceptors (Lipinski definition) is 7. The van der Waals surface area contributed by atoms with E-state index in [1.54, 1.807) is 24.3 Å². The number of ether oxygens (including phenoxy) is 1. The molecule has 0 aliphatic carbocycles. The Kier molecular flexibility index (Phi) is 12.6. The SMILES string of the molecule is CN(CCCOCCCCCCNC[C@@H](O)c1ccc(O)c(NC=O)c1)c1cccc(C(N)=O)c1. The van der Waals surface area contributed by atoms with E-state index in [-0.39, 0.29) is 11.4 Å². The molecule has 9 nitrogen and oxygen atoms in total. The summed E-state index contributed by atoms with van der Waals surface area (Å²) in [5.74, 6) is -0.459. The summed E-state index contributed by atoms with van der Waals surface area (Å²) in [7, 11) is 1.99. The number of carbonyl (C=O) groups is 2. The van der Waals surface area contributed by atoms with Crippen molar-refractivity contribution in [1.82, 2.24) is 5.32 Å². The minimum absolute atomic E-state index is 0.0373. The Labute approximate surface area is 207 Å². The molecule has 0 unspecified atom stereocenters. The van der Waals surface area contributed by atoms with Crippen molar-refractivity contribution in [2.45, 2.75) is 38.2 Å². The van der Waals surface area contributed by atoms with Gasteiger partial charge >= 0.3 is 0 Å². The van der Waals surface area contributed by atoms with Gasteiger partial charge in [-0.2, -0.15) is 0 Å². The smallest absolute Gasteiger partial charge is 0.248 e. The first-order chi connectivity index (χ1) is 16.9. The number of unbranched alkanes of at least 4 members (excludes halogenated alkanes) is 3. The molecule has 2 amide bonds. The highest BCUT2D eigenvalue weighted by Crippen LogP contribution is 2.26. The second-order valence-corrected chi connectivity index (χ2v) is 8.47. The minimum Gasteiger partial charge on any atom is -0.506 e. The molecule has 0 heterocycles. The summed E-state index contributed by atoms with van der Waals surface area (Å²) in [5, 5.41) is 25.6. The topological polar surface area (TPSA) is 137 Å². The molecule has 2 aromatic carbocycles. The summed E-state index contributed by atoms with van der Waals surface area (Å²) in [4.78, 5) is 24.0. The van der Waals surface area contributed by atoms with E-state index in [2.05, 4.69) is 15.5 Å². The lowest BCUT2D eigenvalue weighted by atomic mass is 10.1. The summed E-state index contributed by atoms with van der Waals surface area (Å²) in [5.41, 5.74) is 7.72. The largest absolute Gasteiger partial charge is 0.506 e. The maximum Gasteiger partial charge on any atom is 0.248 e. The Morgan fingerprint density at radius 1 is 1.11 bits per heavy atom. The van der Waals surface area contributed by atoms with Gasteiger partial charge in [0.15, 0.2) is 0 Å². The van der Waals surface area contributed by atoms with Crippen LogP contribution >= 0.6 is 0 Å². The van der Waals surface area contributed by atoms with E-state index < -0.39 is 12.0 Å². The monoisotopic (exact) mass is 486 g/mol. The number of aliphatic hydroxyl groups excluding tert-OH is 1. The van der Waals surface area contributed by atoms with Gasteiger partial charge in [-0.15, -0.1) is 0 Å². The maximum atomic E-state index is 11.3. The standard InChI is InChI=1S/C26H38N4O5/c1-30(22-9-6-8-21(16-22)26(27)34)13-7-15-35-14-5-3-2-4-12-28-18-25(33)20-10-11-24(32)23(17-20)29-19-31/h6,8-11,16-17,19,25,28,32-33H,2-5,7,12-15,18H2,1H3,(H2,27,34)(H,29,31)/t25-/m1/s1. The van der Waals surface area contributed by atoms with Gasteiger partial charge in [0.25, 0.3) is 0 Å². The predicted molar refractivity (Wildman–Crippen MR) is 138 cm³/mol. The molecule has 2 aromatic rings. The first kappa shape index (κ1) is 28.1. The number of phenolic OH excluding ortho intramolecular Hbond substituents is 1. The summed E-state index contributed by atoms with van der Waals surface area (Å²) in [6, 6.07) is 12.0. The average molecular weight is 487 g/mol. The Morgan fingerprint density at radius 2 is 1.89 bits per heavy atom. The average Bonchev–Trinajstić information content (AvgIpc) is 2.85.